The molecule has 0 aliphatic heterocycles. The summed E-state index contributed by atoms with van der Waals surface area (Å²) in [6, 6.07) is 0. The molecule has 2 rings (SSSR count). The van der Waals surface area contributed by atoms with Gasteiger partial charge >= 0.3 is 5.97 Å². The van der Waals surface area contributed by atoms with E-state index < -0.39 is 5.41 Å². The van der Waals surface area contributed by atoms with Gasteiger partial charge in [-0.2, -0.15) is 0 Å². The zero-order valence-corrected chi connectivity index (χ0v) is 12.9. The Labute approximate surface area is 119 Å². The first-order valence-corrected chi connectivity index (χ1v) is 8.07. The van der Waals surface area contributed by atoms with Gasteiger partial charge in [-0.25, -0.2) is 4.98 Å². The predicted molar refractivity (Wildman–Crippen MR) is 77.4 cm³/mol. The van der Waals surface area contributed by atoms with E-state index in [9.17, 15) is 4.79 Å². The number of methoxy groups -OCH3 is 1. The van der Waals surface area contributed by atoms with Crippen LogP contribution in [0.5, 0.6) is 0 Å². The molecule has 1 heterocycles. The average molecular weight is 281 g/mol. The number of hydrogen-bond donors (Lipinski definition) is 0. The summed E-state index contributed by atoms with van der Waals surface area (Å²) >= 11 is 1.69. The quantitative estimate of drug-likeness (QED) is 0.746. The van der Waals surface area contributed by atoms with E-state index in [1.165, 1.54) is 31.4 Å². The lowest BCUT2D eigenvalue weighted by atomic mass is 9.79. The van der Waals surface area contributed by atoms with Gasteiger partial charge in [-0.15, -0.1) is 11.3 Å². The Morgan fingerprint density at radius 1 is 1.47 bits per heavy atom. The number of hydrogen-bond acceptors (Lipinski definition) is 4. The fourth-order valence-corrected chi connectivity index (χ4v) is 3.78. The highest BCUT2D eigenvalue weighted by Crippen LogP contribution is 2.36. The van der Waals surface area contributed by atoms with E-state index in [1.807, 2.05) is 13.8 Å². The average Bonchev–Trinajstić information content (AvgIpc) is 2.85. The highest BCUT2D eigenvalue weighted by Gasteiger charge is 2.40. The van der Waals surface area contributed by atoms with Crippen LogP contribution < -0.4 is 0 Å². The summed E-state index contributed by atoms with van der Waals surface area (Å²) in [6.45, 7) is 4.07. The first-order chi connectivity index (χ1) is 9.16. The van der Waals surface area contributed by atoms with Gasteiger partial charge in [-0.1, -0.05) is 33.1 Å². The lowest BCUT2D eigenvalue weighted by Crippen LogP contribution is -2.36. The molecular formula is C15H23NO2S. The monoisotopic (exact) mass is 281 g/mol. The van der Waals surface area contributed by atoms with E-state index in [0.717, 1.165) is 30.9 Å². The molecule has 0 atom stereocenters. The van der Waals surface area contributed by atoms with Crippen molar-refractivity contribution in [2.24, 2.45) is 5.92 Å². The van der Waals surface area contributed by atoms with Crippen LogP contribution in [0, 0.1) is 5.92 Å². The summed E-state index contributed by atoms with van der Waals surface area (Å²) in [7, 11) is 1.46. The van der Waals surface area contributed by atoms with E-state index in [2.05, 4.69) is 5.38 Å². The van der Waals surface area contributed by atoms with E-state index in [1.54, 1.807) is 11.3 Å². The molecule has 0 radical (unpaired) electrons. The lowest BCUT2D eigenvalue weighted by Gasteiger charge is -2.27. The maximum absolute atomic E-state index is 12.1. The van der Waals surface area contributed by atoms with Gasteiger partial charge in [0, 0.05) is 11.8 Å². The summed E-state index contributed by atoms with van der Waals surface area (Å²) in [5.41, 5.74) is 0.354. The molecular weight excluding hydrogens is 258 g/mol. The Hall–Kier alpha value is -0.900. The summed E-state index contributed by atoms with van der Waals surface area (Å²) in [5, 5.41) is 3.23. The fourth-order valence-electron chi connectivity index (χ4n) is 2.77. The second kappa shape index (κ2) is 6.04. The fraction of sp³-hybridized carbons (Fsp3) is 0.733. The molecule has 0 N–H and O–H groups in total. The molecule has 1 aliphatic carbocycles. The van der Waals surface area contributed by atoms with Crippen LogP contribution in [0.15, 0.2) is 5.38 Å². The van der Waals surface area contributed by atoms with Crippen molar-refractivity contribution in [3.8, 4) is 0 Å². The molecule has 1 aliphatic rings. The maximum atomic E-state index is 12.1. The SMILES string of the molecule is CCC(CC)(C(=O)OC)c1csc(CC2CCC2)n1. The first-order valence-electron chi connectivity index (χ1n) is 7.19. The molecule has 0 bridgehead atoms. The third-order valence-electron chi connectivity index (χ3n) is 4.51. The first kappa shape index (κ1) is 14.5. The van der Waals surface area contributed by atoms with Crippen LogP contribution in [0.4, 0.5) is 0 Å². The second-order valence-corrected chi connectivity index (χ2v) is 6.35. The second-order valence-electron chi connectivity index (χ2n) is 5.41. The minimum Gasteiger partial charge on any atom is -0.468 e. The molecule has 106 valence electrons. The molecule has 1 saturated carbocycles. The van der Waals surface area contributed by atoms with Gasteiger partial charge < -0.3 is 4.74 Å². The van der Waals surface area contributed by atoms with Crippen LogP contribution in [-0.2, 0) is 21.4 Å². The largest absolute Gasteiger partial charge is 0.468 e. The highest BCUT2D eigenvalue weighted by molar-refractivity contribution is 7.09. The van der Waals surface area contributed by atoms with Crippen LogP contribution in [-0.4, -0.2) is 18.1 Å². The Morgan fingerprint density at radius 3 is 2.63 bits per heavy atom. The van der Waals surface area contributed by atoms with Crippen molar-refractivity contribution >= 4 is 17.3 Å². The Bertz CT molecular complexity index is 433. The van der Waals surface area contributed by atoms with Gasteiger partial charge in [0.2, 0.25) is 0 Å². The molecule has 0 amide bonds. The van der Waals surface area contributed by atoms with Gasteiger partial charge in [0.15, 0.2) is 0 Å². The molecule has 0 aromatic carbocycles. The highest BCUT2D eigenvalue weighted by atomic mass is 32.1. The topological polar surface area (TPSA) is 39.2 Å². The zero-order valence-electron chi connectivity index (χ0n) is 12.1. The zero-order chi connectivity index (χ0) is 13.9. The molecule has 19 heavy (non-hydrogen) atoms. The number of ether oxygens (including phenoxy) is 1. The van der Waals surface area contributed by atoms with Crippen molar-refractivity contribution in [1.29, 1.82) is 0 Å². The summed E-state index contributed by atoms with van der Waals surface area (Å²) in [6.07, 6.45) is 6.58. The molecule has 0 unspecified atom stereocenters. The third-order valence-corrected chi connectivity index (χ3v) is 5.38. The van der Waals surface area contributed by atoms with E-state index >= 15 is 0 Å². The Balaban J connectivity index is 2.19. The van der Waals surface area contributed by atoms with Gasteiger partial charge in [0.1, 0.15) is 5.41 Å². The van der Waals surface area contributed by atoms with E-state index in [0.29, 0.717) is 0 Å². The predicted octanol–water partition coefficient (Wildman–Crippen LogP) is 3.72. The lowest BCUT2D eigenvalue weighted by molar-refractivity contribution is -0.148. The van der Waals surface area contributed by atoms with Crippen molar-refractivity contribution in [2.75, 3.05) is 7.11 Å². The smallest absolute Gasteiger partial charge is 0.317 e. The molecule has 0 spiro atoms. The van der Waals surface area contributed by atoms with Gasteiger partial charge in [0.05, 0.1) is 17.8 Å². The molecule has 1 aromatic heterocycles. The normalized spacial score (nSPS) is 16.2. The number of aromatic nitrogens is 1. The van der Waals surface area contributed by atoms with Crippen LogP contribution in [0.1, 0.15) is 56.7 Å². The molecule has 1 fully saturated rings. The van der Waals surface area contributed by atoms with Crippen molar-refractivity contribution in [3.63, 3.8) is 0 Å². The van der Waals surface area contributed by atoms with Crippen molar-refractivity contribution < 1.29 is 9.53 Å². The summed E-state index contributed by atoms with van der Waals surface area (Å²) in [5.74, 6) is 0.660. The summed E-state index contributed by atoms with van der Waals surface area (Å²) < 4.78 is 5.00. The molecule has 4 heteroatoms. The van der Waals surface area contributed by atoms with E-state index in [4.69, 9.17) is 9.72 Å². The Kier molecular flexibility index (Phi) is 4.61. The maximum Gasteiger partial charge on any atom is 0.317 e. The van der Waals surface area contributed by atoms with Gasteiger partial charge in [-0.05, 0) is 18.8 Å². The number of thiazole rings is 1. The van der Waals surface area contributed by atoms with Crippen LogP contribution >= 0.6 is 11.3 Å². The van der Waals surface area contributed by atoms with Crippen molar-refractivity contribution in [3.05, 3.63) is 16.1 Å². The molecule has 3 nitrogen and oxygen atoms in total. The Morgan fingerprint density at radius 2 is 2.16 bits per heavy atom. The van der Waals surface area contributed by atoms with E-state index in [-0.39, 0.29) is 5.97 Å². The summed E-state index contributed by atoms with van der Waals surface area (Å²) in [4.78, 5) is 16.9. The molecule has 0 saturated heterocycles. The van der Waals surface area contributed by atoms with Crippen LogP contribution in [0.3, 0.4) is 0 Å². The number of nitrogens with zero attached hydrogens (tertiary/aromatic N) is 1. The number of carbonyl (C=O) groups excluding carboxylic acids is 1. The van der Waals surface area contributed by atoms with Crippen LogP contribution in [0.2, 0.25) is 0 Å². The number of esters is 1. The van der Waals surface area contributed by atoms with Gasteiger partial charge in [-0.3, -0.25) is 4.79 Å². The van der Waals surface area contributed by atoms with Crippen LogP contribution in [0.25, 0.3) is 0 Å². The minimum atomic E-state index is -0.552. The number of carbonyl (C=O) groups is 1. The van der Waals surface area contributed by atoms with Crippen molar-refractivity contribution in [2.45, 2.75) is 57.8 Å². The number of rotatable bonds is 6. The standard InChI is InChI=1S/C15H23NO2S/c1-4-15(5-2,14(17)18-3)12-10-19-13(16-12)9-11-7-6-8-11/h10-11H,4-9H2,1-3H3. The molecule has 1 aromatic rings. The van der Waals surface area contributed by atoms with Gasteiger partial charge in [0.25, 0.3) is 0 Å². The van der Waals surface area contributed by atoms with Crippen molar-refractivity contribution in [1.82, 2.24) is 4.98 Å². The third kappa shape index (κ3) is 2.69. The minimum absolute atomic E-state index is 0.155.